The number of halogens is 1. The van der Waals surface area contributed by atoms with E-state index in [0.717, 1.165) is 18.2 Å². The zero-order chi connectivity index (χ0) is 12.1. The number of hydrogen-bond acceptors (Lipinski definition) is 3. The lowest BCUT2D eigenvalue weighted by molar-refractivity contribution is 0.271. The van der Waals surface area contributed by atoms with Crippen molar-refractivity contribution >= 4 is 22.9 Å². The molecule has 0 amide bonds. The van der Waals surface area contributed by atoms with Crippen LogP contribution in [-0.4, -0.2) is 23.0 Å². The summed E-state index contributed by atoms with van der Waals surface area (Å²) in [5, 5.41) is 3.30. The van der Waals surface area contributed by atoms with E-state index < -0.39 is 0 Å². The Morgan fingerprint density at radius 2 is 2.35 bits per heavy atom. The third-order valence-corrected chi connectivity index (χ3v) is 4.77. The van der Waals surface area contributed by atoms with Gasteiger partial charge >= 0.3 is 0 Å². The Kier molecular flexibility index (Phi) is 5.26. The van der Waals surface area contributed by atoms with Crippen LogP contribution in [0.5, 0.6) is 0 Å². The predicted molar refractivity (Wildman–Crippen MR) is 74.6 cm³/mol. The van der Waals surface area contributed by atoms with Crippen molar-refractivity contribution < 1.29 is 0 Å². The van der Waals surface area contributed by atoms with E-state index in [1.165, 1.54) is 43.8 Å². The zero-order valence-electron chi connectivity index (χ0n) is 10.5. The SMILES string of the molecule is CCC1CCCN(Cc2nc(CCl)cs2)CC1. The van der Waals surface area contributed by atoms with Crippen molar-refractivity contribution in [1.82, 2.24) is 9.88 Å². The molecule has 1 aromatic rings. The van der Waals surface area contributed by atoms with Crippen molar-refractivity contribution in [3.05, 3.63) is 16.1 Å². The highest BCUT2D eigenvalue weighted by Crippen LogP contribution is 2.22. The van der Waals surface area contributed by atoms with Crippen LogP contribution in [0.3, 0.4) is 0 Å². The molecule has 1 aliphatic heterocycles. The first-order chi connectivity index (χ1) is 8.31. The number of likely N-dealkylation sites (tertiary alicyclic amines) is 1. The molecule has 0 radical (unpaired) electrons. The van der Waals surface area contributed by atoms with E-state index in [4.69, 9.17) is 11.6 Å². The van der Waals surface area contributed by atoms with E-state index >= 15 is 0 Å². The fourth-order valence-corrected chi connectivity index (χ4v) is 3.53. The normalized spacial score (nSPS) is 22.6. The maximum absolute atomic E-state index is 5.78. The largest absolute Gasteiger partial charge is 0.297 e. The van der Waals surface area contributed by atoms with E-state index in [1.54, 1.807) is 11.3 Å². The van der Waals surface area contributed by atoms with Crippen molar-refractivity contribution in [3.63, 3.8) is 0 Å². The van der Waals surface area contributed by atoms with E-state index in [9.17, 15) is 0 Å². The Hall–Kier alpha value is -0.120. The van der Waals surface area contributed by atoms with E-state index in [2.05, 4.69) is 22.2 Å². The summed E-state index contributed by atoms with van der Waals surface area (Å²) < 4.78 is 0. The smallest absolute Gasteiger partial charge is 0.107 e. The standard InChI is InChI=1S/C13H21ClN2S/c1-2-11-4-3-6-16(7-5-11)9-13-15-12(8-14)10-17-13/h10-11H,2-9H2,1H3. The lowest BCUT2D eigenvalue weighted by Gasteiger charge is -2.18. The second-order valence-electron chi connectivity index (χ2n) is 4.85. The van der Waals surface area contributed by atoms with Gasteiger partial charge in [0, 0.05) is 5.38 Å². The van der Waals surface area contributed by atoms with Gasteiger partial charge in [-0.25, -0.2) is 4.98 Å². The Labute approximate surface area is 113 Å². The highest BCUT2D eigenvalue weighted by molar-refractivity contribution is 7.09. The molecule has 1 unspecified atom stereocenters. The number of hydrogen-bond donors (Lipinski definition) is 0. The molecule has 96 valence electrons. The lowest BCUT2D eigenvalue weighted by Crippen LogP contribution is -2.24. The summed E-state index contributed by atoms with van der Waals surface area (Å²) >= 11 is 7.52. The first-order valence-electron chi connectivity index (χ1n) is 6.53. The quantitative estimate of drug-likeness (QED) is 0.773. The fraction of sp³-hybridized carbons (Fsp3) is 0.769. The monoisotopic (exact) mass is 272 g/mol. The number of alkyl halides is 1. The van der Waals surface area contributed by atoms with Crippen molar-refractivity contribution in [3.8, 4) is 0 Å². The molecule has 1 saturated heterocycles. The molecule has 4 heteroatoms. The summed E-state index contributed by atoms with van der Waals surface area (Å²) in [7, 11) is 0. The average Bonchev–Trinajstić information content (AvgIpc) is 2.68. The van der Waals surface area contributed by atoms with Crippen LogP contribution in [0.15, 0.2) is 5.38 Å². The lowest BCUT2D eigenvalue weighted by atomic mass is 9.98. The van der Waals surface area contributed by atoms with Crippen molar-refractivity contribution in [2.24, 2.45) is 5.92 Å². The van der Waals surface area contributed by atoms with Gasteiger partial charge < -0.3 is 0 Å². The first kappa shape index (κ1) is 13.3. The summed E-state index contributed by atoms with van der Waals surface area (Å²) in [6.45, 7) is 5.78. The molecule has 2 rings (SSSR count). The van der Waals surface area contributed by atoms with Crippen LogP contribution >= 0.6 is 22.9 Å². The summed E-state index contributed by atoms with van der Waals surface area (Å²) in [6, 6.07) is 0. The third kappa shape index (κ3) is 3.94. The Bertz CT molecular complexity index is 340. The summed E-state index contributed by atoms with van der Waals surface area (Å²) in [6.07, 6.45) is 5.43. The predicted octanol–water partition coefficient (Wildman–Crippen LogP) is 3.89. The van der Waals surface area contributed by atoms with Gasteiger partial charge in [-0.15, -0.1) is 22.9 Å². The molecule has 0 aromatic carbocycles. The second-order valence-corrected chi connectivity index (χ2v) is 6.06. The average molecular weight is 273 g/mol. The van der Waals surface area contributed by atoms with Gasteiger partial charge in [0.2, 0.25) is 0 Å². The molecule has 0 saturated carbocycles. The minimum atomic E-state index is 0.536. The van der Waals surface area contributed by atoms with Crippen molar-refractivity contribution in [2.75, 3.05) is 13.1 Å². The molecular weight excluding hydrogens is 252 g/mol. The Morgan fingerprint density at radius 1 is 1.47 bits per heavy atom. The fourth-order valence-electron chi connectivity index (χ4n) is 2.47. The molecule has 0 N–H and O–H groups in total. The van der Waals surface area contributed by atoms with Crippen molar-refractivity contribution in [2.45, 2.75) is 45.0 Å². The maximum Gasteiger partial charge on any atom is 0.107 e. The molecule has 1 fully saturated rings. The minimum Gasteiger partial charge on any atom is -0.297 e. The maximum atomic E-state index is 5.78. The van der Waals surface area contributed by atoms with Crippen molar-refractivity contribution in [1.29, 1.82) is 0 Å². The van der Waals surface area contributed by atoms with Crippen LogP contribution < -0.4 is 0 Å². The first-order valence-corrected chi connectivity index (χ1v) is 7.94. The van der Waals surface area contributed by atoms with Crippen LogP contribution in [0.4, 0.5) is 0 Å². The number of nitrogens with zero attached hydrogens (tertiary/aromatic N) is 2. The summed E-state index contributed by atoms with van der Waals surface area (Å²) in [5.74, 6) is 1.48. The highest BCUT2D eigenvalue weighted by atomic mass is 35.5. The topological polar surface area (TPSA) is 16.1 Å². The third-order valence-electron chi connectivity index (χ3n) is 3.61. The highest BCUT2D eigenvalue weighted by Gasteiger charge is 2.16. The van der Waals surface area contributed by atoms with Gasteiger partial charge in [-0.1, -0.05) is 13.3 Å². The van der Waals surface area contributed by atoms with Crippen LogP contribution in [-0.2, 0) is 12.4 Å². The molecule has 1 aliphatic rings. The molecule has 1 aromatic heterocycles. The van der Waals surface area contributed by atoms with Crippen LogP contribution in [0, 0.1) is 5.92 Å². The Balaban J connectivity index is 1.86. The summed E-state index contributed by atoms with van der Waals surface area (Å²) in [5.41, 5.74) is 1.02. The number of thiazole rings is 1. The molecule has 1 atom stereocenters. The van der Waals surface area contributed by atoms with Gasteiger partial charge in [0.1, 0.15) is 5.01 Å². The van der Waals surface area contributed by atoms with E-state index in [1.807, 2.05) is 0 Å². The minimum absolute atomic E-state index is 0.536. The van der Waals surface area contributed by atoms with Gasteiger partial charge in [0.05, 0.1) is 18.1 Å². The van der Waals surface area contributed by atoms with E-state index in [0.29, 0.717) is 5.88 Å². The number of aromatic nitrogens is 1. The molecular formula is C13H21ClN2S. The van der Waals surface area contributed by atoms with Gasteiger partial charge in [-0.3, -0.25) is 4.90 Å². The molecule has 0 aliphatic carbocycles. The zero-order valence-corrected chi connectivity index (χ0v) is 12.1. The van der Waals surface area contributed by atoms with Gasteiger partial charge in [0.15, 0.2) is 0 Å². The van der Waals surface area contributed by atoms with Gasteiger partial charge in [0.25, 0.3) is 0 Å². The van der Waals surface area contributed by atoms with Crippen LogP contribution in [0.25, 0.3) is 0 Å². The molecule has 2 heterocycles. The van der Waals surface area contributed by atoms with Crippen LogP contribution in [0.2, 0.25) is 0 Å². The van der Waals surface area contributed by atoms with Crippen LogP contribution in [0.1, 0.15) is 43.3 Å². The molecule has 0 spiro atoms. The Morgan fingerprint density at radius 3 is 3.06 bits per heavy atom. The number of rotatable bonds is 4. The molecule has 0 bridgehead atoms. The summed E-state index contributed by atoms with van der Waals surface area (Å²) in [4.78, 5) is 7.09. The molecule has 2 nitrogen and oxygen atoms in total. The molecule has 17 heavy (non-hydrogen) atoms. The second kappa shape index (κ2) is 6.72. The van der Waals surface area contributed by atoms with E-state index in [-0.39, 0.29) is 0 Å². The van der Waals surface area contributed by atoms with Gasteiger partial charge in [-0.05, 0) is 38.3 Å². The van der Waals surface area contributed by atoms with Gasteiger partial charge in [-0.2, -0.15) is 0 Å².